The summed E-state index contributed by atoms with van der Waals surface area (Å²) in [6, 6.07) is 5.72. The minimum Gasteiger partial charge on any atom is -0.373 e. The van der Waals surface area contributed by atoms with Gasteiger partial charge in [-0.3, -0.25) is 4.98 Å². The Bertz CT molecular complexity index is 615. The summed E-state index contributed by atoms with van der Waals surface area (Å²) < 4.78 is 0. The third kappa shape index (κ3) is 3.05. The maximum atomic E-state index is 8.91. The number of nitriles is 1. The van der Waals surface area contributed by atoms with Gasteiger partial charge in [0.1, 0.15) is 17.7 Å². The van der Waals surface area contributed by atoms with E-state index < -0.39 is 0 Å². The van der Waals surface area contributed by atoms with E-state index in [2.05, 4.69) is 33.3 Å². The number of nitrogens with zero attached hydrogens (tertiary/aromatic N) is 4. The standard InChI is InChI=1S/C14H15N5/c1-3-4-13-18-12(6-14(16-2)19-13)11-5-10(7-15)8-17-9-11/h5-6,8-9H,3-4H2,1-2H3,(H,16,18,19). The van der Waals surface area contributed by atoms with Crippen LogP contribution in [-0.2, 0) is 6.42 Å². The van der Waals surface area contributed by atoms with Crippen LogP contribution in [0, 0.1) is 11.3 Å². The van der Waals surface area contributed by atoms with Crippen molar-refractivity contribution >= 4 is 5.82 Å². The largest absolute Gasteiger partial charge is 0.373 e. The Morgan fingerprint density at radius 1 is 1.26 bits per heavy atom. The van der Waals surface area contributed by atoms with Gasteiger partial charge in [-0.25, -0.2) is 9.97 Å². The molecule has 2 aromatic heterocycles. The zero-order valence-corrected chi connectivity index (χ0v) is 11.0. The van der Waals surface area contributed by atoms with Gasteiger partial charge >= 0.3 is 0 Å². The maximum absolute atomic E-state index is 8.91. The molecule has 5 heteroatoms. The summed E-state index contributed by atoms with van der Waals surface area (Å²) in [4.78, 5) is 13.0. The van der Waals surface area contributed by atoms with E-state index in [1.165, 1.54) is 6.20 Å². The van der Waals surface area contributed by atoms with Crippen LogP contribution in [0.2, 0.25) is 0 Å². The molecule has 0 bridgehead atoms. The van der Waals surface area contributed by atoms with Gasteiger partial charge in [0.05, 0.1) is 11.3 Å². The molecule has 2 heterocycles. The zero-order chi connectivity index (χ0) is 13.7. The number of nitrogens with one attached hydrogen (secondary N) is 1. The molecule has 96 valence electrons. The van der Waals surface area contributed by atoms with Crippen molar-refractivity contribution in [3.63, 3.8) is 0 Å². The first-order valence-electron chi connectivity index (χ1n) is 6.18. The lowest BCUT2D eigenvalue weighted by molar-refractivity contribution is 0.838. The van der Waals surface area contributed by atoms with Crippen molar-refractivity contribution in [1.82, 2.24) is 15.0 Å². The van der Waals surface area contributed by atoms with Gasteiger partial charge in [0, 0.05) is 37.5 Å². The first-order valence-corrected chi connectivity index (χ1v) is 6.18. The lowest BCUT2D eigenvalue weighted by Crippen LogP contribution is -2.01. The smallest absolute Gasteiger partial charge is 0.131 e. The average Bonchev–Trinajstić information content (AvgIpc) is 2.47. The van der Waals surface area contributed by atoms with Crippen molar-refractivity contribution in [3.05, 3.63) is 35.9 Å². The molecule has 5 nitrogen and oxygen atoms in total. The second-order valence-electron chi connectivity index (χ2n) is 4.13. The predicted octanol–water partition coefficient (Wildman–Crippen LogP) is 2.40. The van der Waals surface area contributed by atoms with Gasteiger partial charge in [0.2, 0.25) is 0 Å². The first-order chi connectivity index (χ1) is 9.26. The van der Waals surface area contributed by atoms with Crippen LogP contribution in [0.25, 0.3) is 11.3 Å². The Kier molecular flexibility index (Phi) is 4.04. The molecular formula is C14H15N5. The van der Waals surface area contributed by atoms with Crippen molar-refractivity contribution in [3.8, 4) is 17.3 Å². The number of pyridine rings is 1. The molecule has 0 spiro atoms. The summed E-state index contributed by atoms with van der Waals surface area (Å²) in [7, 11) is 1.83. The van der Waals surface area contributed by atoms with Gasteiger partial charge in [0.15, 0.2) is 0 Å². The van der Waals surface area contributed by atoms with Gasteiger partial charge in [0.25, 0.3) is 0 Å². The summed E-state index contributed by atoms with van der Waals surface area (Å²) in [5.74, 6) is 1.57. The van der Waals surface area contributed by atoms with E-state index in [4.69, 9.17) is 5.26 Å². The maximum Gasteiger partial charge on any atom is 0.131 e. The van der Waals surface area contributed by atoms with Crippen molar-refractivity contribution in [2.24, 2.45) is 0 Å². The fourth-order valence-corrected chi connectivity index (χ4v) is 1.75. The lowest BCUT2D eigenvalue weighted by Gasteiger charge is -2.07. The van der Waals surface area contributed by atoms with Crippen molar-refractivity contribution in [2.45, 2.75) is 19.8 Å². The van der Waals surface area contributed by atoms with E-state index >= 15 is 0 Å². The molecule has 0 aliphatic heterocycles. The van der Waals surface area contributed by atoms with Gasteiger partial charge < -0.3 is 5.32 Å². The highest BCUT2D eigenvalue weighted by molar-refractivity contribution is 5.63. The molecule has 2 aromatic rings. The highest BCUT2D eigenvalue weighted by Crippen LogP contribution is 2.20. The molecule has 0 aliphatic rings. The molecule has 0 saturated heterocycles. The SMILES string of the molecule is CCCc1nc(NC)cc(-c2cncc(C#N)c2)n1. The number of rotatable bonds is 4. The third-order valence-electron chi connectivity index (χ3n) is 2.67. The lowest BCUT2D eigenvalue weighted by atomic mass is 10.1. The Morgan fingerprint density at radius 3 is 2.79 bits per heavy atom. The van der Waals surface area contributed by atoms with Gasteiger partial charge in [-0.1, -0.05) is 6.92 Å². The molecule has 0 unspecified atom stereocenters. The Morgan fingerprint density at radius 2 is 2.11 bits per heavy atom. The molecule has 19 heavy (non-hydrogen) atoms. The van der Waals surface area contributed by atoms with E-state index in [0.717, 1.165) is 35.7 Å². The van der Waals surface area contributed by atoms with Crippen LogP contribution >= 0.6 is 0 Å². The number of aromatic nitrogens is 3. The van der Waals surface area contributed by atoms with Crippen LogP contribution in [0.3, 0.4) is 0 Å². The molecule has 0 radical (unpaired) electrons. The Labute approximate surface area is 112 Å². The molecule has 0 fully saturated rings. The monoisotopic (exact) mass is 253 g/mol. The normalized spacial score (nSPS) is 9.95. The molecule has 0 atom stereocenters. The average molecular weight is 253 g/mol. The fraction of sp³-hybridized carbons (Fsp3) is 0.286. The topological polar surface area (TPSA) is 74.5 Å². The number of hydrogen-bond donors (Lipinski definition) is 1. The fourth-order valence-electron chi connectivity index (χ4n) is 1.75. The summed E-state index contributed by atoms with van der Waals surface area (Å²) in [6.07, 6.45) is 5.06. The van der Waals surface area contributed by atoms with Gasteiger partial charge in [-0.15, -0.1) is 0 Å². The van der Waals surface area contributed by atoms with Crippen LogP contribution in [0.15, 0.2) is 24.5 Å². The van der Waals surface area contributed by atoms with Crippen molar-refractivity contribution in [1.29, 1.82) is 5.26 Å². The summed E-state index contributed by atoms with van der Waals surface area (Å²) in [6.45, 7) is 2.09. The predicted molar refractivity (Wildman–Crippen MR) is 73.5 cm³/mol. The van der Waals surface area contributed by atoms with Crippen LogP contribution < -0.4 is 5.32 Å². The second-order valence-corrected chi connectivity index (χ2v) is 4.13. The first kappa shape index (κ1) is 13.0. The van der Waals surface area contributed by atoms with Crippen LogP contribution in [-0.4, -0.2) is 22.0 Å². The molecule has 0 amide bonds. The summed E-state index contributed by atoms with van der Waals surface area (Å²) >= 11 is 0. The zero-order valence-electron chi connectivity index (χ0n) is 11.0. The van der Waals surface area contributed by atoms with Crippen molar-refractivity contribution < 1.29 is 0 Å². The molecular weight excluding hydrogens is 238 g/mol. The number of hydrogen-bond acceptors (Lipinski definition) is 5. The molecule has 2 rings (SSSR count). The Balaban J connectivity index is 2.48. The van der Waals surface area contributed by atoms with Crippen LogP contribution in [0.1, 0.15) is 24.7 Å². The Hall–Kier alpha value is -2.48. The van der Waals surface area contributed by atoms with Gasteiger partial charge in [-0.2, -0.15) is 5.26 Å². The van der Waals surface area contributed by atoms with Crippen molar-refractivity contribution in [2.75, 3.05) is 12.4 Å². The highest BCUT2D eigenvalue weighted by Gasteiger charge is 2.07. The van der Waals surface area contributed by atoms with E-state index in [1.54, 1.807) is 12.3 Å². The quantitative estimate of drug-likeness (QED) is 0.905. The van der Waals surface area contributed by atoms with Crippen LogP contribution in [0.4, 0.5) is 5.82 Å². The summed E-state index contributed by atoms with van der Waals surface area (Å²) in [5.41, 5.74) is 2.14. The van der Waals surface area contributed by atoms with E-state index in [9.17, 15) is 0 Å². The second kappa shape index (κ2) is 5.91. The minimum absolute atomic E-state index is 0.527. The molecule has 0 aliphatic carbocycles. The third-order valence-corrected chi connectivity index (χ3v) is 2.67. The van der Waals surface area contributed by atoms with Crippen LogP contribution in [0.5, 0.6) is 0 Å². The van der Waals surface area contributed by atoms with E-state index in [-0.39, 0.29) is 0 Å². The van der Waals surface area contributed by atoms with Gasteiger partial charge in [-0.05, 0) is 12.5 Å². The summed E-state index contributed by atoms with van der Waals surface area (Å²) in [5, 5.41) is 11.9. The number of anilines is 1. The minimum atomic E-state index is 0.527. The molecule has 0 aromatic carbocycles. The number of aryl methyl sites for hydroxylation is 1. The molecule has 0 saturated carbocycles. The van der Waals surface area contributed by atoms with E-state index in [1.807, 2.05) is 13.1 Å². The van der Waals surface area contributed by atoms with E-state index in [0.29, 0.717) is 5.56 Å². The molecule has 1 N–H and O–H groups in total. The highest BCUT2D eigenvalue weighted by atomic mass is 15.0.